The average molecular weight is 338 g/mol. The monoisotopic (exact) mass is 338 g/mol. The molecule has 25 heavy (non-hydrogen) atoms. The summed E-state index contributed by atoms with van der Waals surface area (Å²) >= 11 is 0. The molecule has 3 fully saturated rings. The van der Waals surface area contributed by atoms with Crippen LogP contribution in [0.2, 0.25) is 0 Å². The van der Waals surface area contributed by atoms with Gasteiger partial charge >= 0.3 is 0 Å². The summed E-state index contributed by atoms with van der Waals surface area (Å²) in [6, 6.07) is 11.5. The summed E-state index contributed by atoms with van der Waals surface area (Å²) in [7, 11) is 1.71. The number of benzene rings is 1. The number of hydrogen-bond donors (Lipinski definition) is 0. The van der Waals surface area contributed by atoms with Gasteiger partial charge in [-0.25, -0.2) is 0 Å². The van der Waals surface area contributed by atoms with E-state index in [0.717, 1.165) is 55.1 Å². The van der Waals surface area contributed by atoms with E-state index < -0.39 is 0 Å². The Morgan fingerprint density at radius 3 is 2.68 bits per heavy atom. The van der Waals surface area contributed by atoms with Crippen LogP contribution < -0.4 is 4.74 Å². The summed E-state index contributed by atoms with van der Waals surface area (Å²) in [5.74, 6) is 2.78. The first-order valence-corrected chi connectivity index (χ1v) is 10.0. The molecule has 0 spiro atoms. The maximum Gasteiger partial charge on any atom is 0.123 e. The molecule has 4 rings (SSSR count). The molecule has 3 unspecified atom stereocenters. The molecule has 1 aromatic carbocycles. The third kappa shape index (κ3) is 3.06. The number of rotatable bonds is 3. The fourth-order valence-electron chi connectivity index (χ4n) is 5.78. The van der Waals surface area contributed by atoms with E-state index in [0.29, 0.717) is 0 Å². The van der Waals surface area contributed by atoms with Crippen molar-refractivity contribution in [2.75, 3.05) is 20.2 Å². The summed E-state index contributed by atoms with van der Waals surface area (Å²) in [5.41, 5.74) is 0.702. The number of nitrogens with zero attached hydrogens (tertiary/aromatic N) is 2. The van der Waals surface area contributed by atoms with Gasteiger partial charge in [0.15, 0.2) is 0 Å². The minimum absolute atomic E-state index is 0.383. The van der Waals surface area contributed by atoms with Gasteiger partial charge in [0, 0.05) is 24.7 Å². The van der Waals surface area contributed by atoms with Gasteiger partial charge in [-0.1, -0.05) is 37.5 Å². The summed E-state index contributed by atoms with van der Waals surface area (Å²) in [6.07, 6.45) is 10.4. The van der Waals surface area contributed by atoms with Crippen LogP contribution in [-0.4, -0.2) is 31.1 Å². The highest BCUT2D eigenvalue weighted by atomic mass is 16.5. The molecule has 3 atom stereocenters. The summed E-state index contributed by atoms with van der Waals surface area (Å²) in [5, 5.41) is 10.0. The number of piperidine rings is 1. The average Bonchev–Trinajstić information content (AvgIpc) is 3.03. The van der Waals surface area contributed by atoms with Crippen LogP contribution in [-0.2, 0) is 5.41 Å². The zero-order valence-electron chi connectivity index (χ0n) is 15.4. The minimum Gasteiger partial charge on any atom is -0.496 e. The fourth-order valence-corrected chi connectivity index (χ4v) is 5.78. The van der Waals surface area contributed by atoms with E-state index in [2.05, 4.69) is 17.0 Å². The second-order valence-electron chi connectivity index (χ2n) is 8.37. The predicted octanol–water partition coefficient (Wildman–Crippen LogP) is 4.52. The first-order valence-electron chi connectivity index (χ1n) is 10.0. The van der Waals surface area contributed by atoms with Crippen molar-refractivity contribution in [3.8, 4) is 11.8 Å². The number of ether oxygens (including phenoxy) is 1. The highest BCUT2D eigenvalue weighted by Gasteiger charge is 2.42. The van der Waals surface area contributed by atoms with Gasteiger partial charge in [0.25, 0.3) is 0 Å². The third-order valence-corrected chi connectivity index (χ3v) is 7.20. The van der Waals surface area contributed by atoms with E-state index in [9.17, 15) is 5.26 Å². The van der Waals surface area contributed by atoms with Gasteiger partial charge < -0.3 is 4.74 Å². The third-order valence-electron chi connectivity index (χ3n) is 7.20. The molecule has 0 radical (unpaired) electrons. The normalized spacial score (nSPS) is 31.9. The Morgan fingerprint density at radius 2 is 1.92 bits per heavy atom. The molecule has 3 heteroatoms. The molecule has 3 nitrogen and oxygen atoms in total. The van der Waals surface area contributed by atoms with Crippen LogP contribution in [0.25, 0.3) is 0 Å². The van der Waals surface area contributed by atoms with Crippen LogP contribution in [0, 0.1) is 23.2 Å². The Balaban J connectivity index is 1.50. The van der Waals surface area contributed by atoms with Gasteiger partial charge in [-0.05, 0) is 50.0 Å². The molecule has 0 N–H and O–H groups in total. The fraction of sp³-hybridized carbons (Fsp3) is 0.682. The molecular weight excluding hydrogens is 308 g/mol. The molecular formula is C22H30N2O. The van der Waals surface area contributed by atoms with E-state index in [1.165, 1.54) is 38.5 Å². The van der Waals surface area contributed by atoms with Crippen LogP contribution in [0.4, 0.5) is 0 Å². The van der Waals surface area contributed by atoms with Gasteiger partial charge in [-0.15, -0.1) is 0 Å². The van der Waals surface area contributed by atoms with Gasteiger partial charge in [0.05, 0.1) is 18.6 Å². The van der Waals surface area contributed by atoms with E-state index in [1.54, 1.807) is 7.11 Å². The lowest BCUT2D eigenvalue weighted by atomic mass is 9.73. The van der Waals surface area contributed by atoms with Crippen molar-refractivity contribution in [3.63, 3.8) is 0 Å². The van der Waals surface area contributed by atoms with Gasteiger partial charge in [-0.2, -0.15) is 5.26 Å². The standard InChI is InChI=1S/C22H30N2O/c1-25-21-8-3-2-6-19(21)22(16-23)11-13-24(14-12-22)20-7-4-5-17-9-10-18(20)15-17/h2-3,6,8,17-18,20H,4-5,7,9-15H2,1H3. The molecule has 1 saturated heterocycles. The molecule has 2 aliphatic carbocycles. The number of nitriles is 1. The van der Waals surface area contributed by atoms with Crippen LogP contribution in [0.5, 0.6) is 5.75 Å². The lowest BCUT2D eigenvalue weighted by Gasteiger charge is -2.43. The first-order chi connectivity index (χ1) is 12.3. The Morgan fingerprint density at radius 1 is 1.12 bits per heavy atom. The first kappa shape index (κ1) is 16.9. The molecule has 1 aromatic rings. The number of methoxy groups -OCH3 is 1. The maximum atomic E-state index is 10.0. The van der Waals surface area contributed by atoms with E-state index in [-0.39, 0.29) is 5.41 Å². The van der Waals surface area contributed by atoms with Crippen molar-refractivity contribution < 1.29 is 4.74 Å². The SMILES string of the molecule is COc1ccccc1C1(C#N)CCN(C2CCCC3CCC2C3)CC1. The molecule has 0 amide bonds. The van der Waals surface area contributed by atoms with Crippen molar-refractivity contribution in [1.29, 1.82) is 5.26 Å². The van der Waals surface area contributed by atoms with E-state index >= 15 is 0 Å². The van der Waals surface area contributed by atoms with Gasteiger partial charge in [0.2, 0.25) is 0 Å². The van der Waals surface area contributed by atoms with Crippen molar-refractivity contribution in [2.24, 2.45) is 11.8 Å². The highest BCUT2D eigenvalue weighted by molar-refractivity contribution is 5.44. The van der Waals surface area contributed by atoms with Crippen molar-refractivity contribution in [1.82, 2.24) is 4.90 Å². The number of fused-ring (bicyclic) bond motifs is 2. The molecule has 3 aliphatic rings. The second-order valence-corrected chi connectivity index (χ2v) is 8.37. The van der Waals surface area contributed by atoms with E-state index in [4.69, 9.17) is 4.74 Å². The predicted molar refractivity (Wildman–Crippen MR) is 99.6 cm³/mol. The molecule has 0 aromatic heterocycles. The molecule has 2 bridgehead atoms. The van der Waals surface area contributed by atoms with Crippen LogP contribution in [0.1, 0.15) is 56.9 Å². The van der Waals surface area contributed by atoms with Crippen LogP contribution in [0.15, 0.2) is 24.3 Å². The summed E-state index contributed by atoms with van der Waals surface area (Å²) in [4.78, 5) is 2.73. The molecule has 1 aliphatic heterocycles. The van der Waals surface area contributed by atoms with Crippen molar-refractivity contribution in [2.45, 2.75) is 62.8 Å². The van der Waals surface area contributed by atoms with Gasteiger partial charge in [-0.3, -0.25) is 4.90 Å². The van der Waals surface area contributed by atoms with Crippen molar-refractivity contribution >= 4 is 0 Å². The van der Waals surface area contributed by atoms with Crippen LogP contribution in [0.3, 0.4) is 0 Å². The quantitative estimate of drug-likeness (QED) is 0.813. The number of para-hydroxylation sites is 1. The molecule has 134 valence electrons. The topological polar surface area (TPSA) is 36.3 Å². The lowest BCUT2D eigenvalue weighted by Crippen LogP contribution is -2.48. The lowest BCUT2D eigenvalue weighted by molar-refractivity contribution is 0.0910. The Hall–Kier alpha value is -1.53. The zero-order valence-corrected chi connectivity index (χ0v) is 15.4. The Bertz CT molecular complexity index is 642. The Kier molecular flexibility index (Phi) is 4.73. The summed E-state index contributed by atoms with van der Waals surface area (Å²) in [6.45, 7) is 2.11. The number of hydrogen-bond acceptors (Lipinski definition) is 3. The smallest absolute Gasteiger partial charge is 0.123 e. The summed E-state index contributed by atoms with van der Waals surface area (Å²) < 4.78 is 5.56. The molecule has 1 heterocycles. The maximum absolute atomic E-state index is 10.0. The largest absolute Gasteiger partial charge is 0.496 e. The van der Waals surface area contributed by atoms with E-state index in [1.807, 2.05) is 18.2 Å². The Labute approximate surface area is 152 Å². The zero-order chi connectivity index (χ0) is 17.3. The van der Waals surface area contributed by atoms with Crippen LogP contribution >= 0.6 is 0 Å². The highest BCUT2D eigenvalue weighted by Crippen LogP contribution is 2.45. The molecule has 2 saturated carbocycles. The minimum atomic E-state index is -0.383. The number of likely N-dealkylation sites (tertiary alicyclic amines) is 1. The van der Waals surface area contributed by atoms with Gasteiger partial charge in [0.1, 0.15) is 5.75 Å². The van der Waals surface area contributed by atoms with Crippen molar-refractivity contribution in [3.05, 3.63) is 29.8 Å². The second kappa shape index (κ2) is 7.00.